The zero-order valence-corrected chi connectivity index (χ0v) is 3.52. The molecule has 0 heterocycles. The van der Waals surface area contributed by atoms with Crippen molar-refractivity contribution in [2.45, 2.75) is 0 Å². The van der Waals surface area contributed by atoms with Crippen LogP contribution in [0.2, 0.25) is 0 Å². The summed E-state index contributed by atoms with van der Waals surface area (Å²) in [6, 6.07) is 0. The van der Waals surface area contributed by atoms with E-state index in [2.05, 4.69) is 6.58 Å². The van der Waals surface area contributed by atoms with Crippen LogP contribution < -0.4 is 0 Å². The molecule has 0 nitrogen and oxygen atoms in total. The topological polar surface area (TPSA) is 0 Å². The fourth-order valence-electron chi connectivity index (χ4n) is 0. The summed E-state index contributed by atoms with van der Waals surface area (Å²) in [7, 11) is 0. The lowest BCUT2D eigenvalue weighted by Crippen LogP contribution is -1.09. The first-order valence-corrected chi connectivity index (χ1v) is 0.697. The lowest BCUT2D eigenvalue weighted by molar-refractivity contribution is 2.19. The van der Waals surface area contributed by atoms with E-state index in [0.717, 1.165) is 6.08 Å². The van der Waals surface area contributed by atoms with Crippen LogP contribution >= 0.6 is 0 Å². The molecule has 0 spiro atoms. The Bertz CT molecular complexity index is 10.8. The van der Waals surface area contributed by atoms with Crippen molar-refractivity contribution < 1.29 is 0 Å². The van der Waals surface area contributed by atoms with Gasteiger partial charge in [-0.3, -0.25) is 0 Å². The zero-order chi connectivity index (χ0) is 2.71. The Hall–Kier alpha value is 0.272. The predicted octanol–water partition coefficient (Wildman–Crippen LogP) is 0.380. The second-order valence-electron chi connectivity index (χ2n) is 0.204. The van der Waals surface area contributed by atoms with E-state index in [1.54, 1.807) is 0 Å². The minimum Gasteiger partial charge on any atom is -0.102 e. The molecule has 18 valence electrons. The van der Waals surface area contributed by atoms with Crippen LogP contribution in [-0.4, -0.2) is 17.4 Å². The van der Waals surface area contributed by atoms with Gasteiger partial charge < -0.3 is 0 Å². The number of hydrogen-bond donors (Lipinski definition) is 0. The van der Waals surface area contributed by atoms with Crippen LogP contribution in [0.1, 0.15) is 0 Å². The lowest BCUT2D eigenvalue weighted by Gasteiger charge is -1.28. The Morgan fingerprint density at radius 1 is 1.75 bits per heavy atom. The average molecular weight is 66.0 g/mol. The van der Waals surface area contributed by atoms with E-state index in [9.17, 15) is 0 Å². The molecule has 0 saturated heterocycles. The van der Waals surface area contributed by atoms with Crippen molar-refractivity contribution in [1.29, 1.82) is 0 Å². The maximum absolute atomic E-state index is 5.97. The van der Waals surface area contributed by atoms with E-state index in [4.69, 9.17) is 6.92 Å². The lowest BCUT2D eigenvalue weighted by atomic mass is 10.8. The summed E-state index contributed by atoms with van der Waals surface area (Å²) in [5.41, 5.74) is 0. The van der Waals surface area contributed by atoms with Gasteiger partial charge in [-0.2, -0.15) is 0 Å². The van der Waals surface area contributed by atoms with Gasteiger partial charge in [0.05, 0.1) is 0 Å². The van der Waals surface area contributed by atoms with E-state index in [0.29, 0.717) is 0 Å². The van der Waals surface area contributed by atoms with Crippen molar-refractivity contribution >= 4 is 17.4 Å². The molecule has 0 amide bonds. The highest BCUT2D eigenvalue weighted by atomic mass is 27.0. The molecule has 0 aliphatic carbocycles. The Morgan fingerprint density at radius 3 is 1.75 bits per heavy atom. The van der Waals surface area contributed by atoms with Crippen molar-refractivity contribution in [3.8, 4) is 0 Å². The molecule has 0 aromatic carbocycles. The molecule has 0 unspecified atom stereocenters. The molecule has 6 radical (unpaired) electrons. The van der Waals surface area contributed by atoms with Gasteiger partial charge in [-0.25, -0.2) is 0 Å². The zero-order valence-electron chi connectivity index (χ0n) is 2.36. The molecule has 0 aromatic heterocycles. The first kappa shape index (κ1) is 8.86. The van der Waals surface area contributed by atoms with Gasteiger partial charge in [-0.05, 0) is 0 Å². The molecular formula is C3H3Al. The Labute approximate surface area is 37.7 Å². The normalized spacial score (nSPS) is 3.25. The van der Waals surface area contributed by atoms with Crippen LogP contribution in [0.4, 0.5) is 0 Å². The first-order chi connectivity index (χ1) is 1.41. The third-order valence-corrected chi connectivity index (χ3v) is 0. The van der Waals surface area contributed by atoms with E-state index in [-0.39, 0.29) is 17.4 Å². The van der Waals surface area contributed by atoms with Gasteiger partial charge in [0, 0.05) is 24.3 Å². The smallest absolute Gasteiger partial charge is 0.0206 e. The molecule has 0 N–H and O–H groups in total. The SMILES string of the molecule is [Al].[C]C=C. The number of rotatable bonds is 0. The predicted molar refractivity (Wildman–Crippen MR) is 19.2 cm³/mol. The molecular weight excluding hydrogens is 63.0 g/mol. The third kappa shape index (κ3) is 49.6. The molecule has 4 heavy (non-hydrogen) atoms. The largest absolute Gasteiger partial charge is 0.102 e. The van der Waals surface area contributed by atoms with Gasteiger partial charge in [-0.15, -0.1) is 6.58 Å². The summed E-state index contributed by atoms with van der Waals surface area (Å²) in [4.78, 5) is 0. The Morgan fingerprint density at radius 2 is 1.75 bits per heavy atom. The summed E-state index contributed by atoms with van der Waals surface area (Å²) >= 11 is 0. The van der Waals surface area contributed by atoms with Crippen LogP contribution in [0.25, 0.3) is 0 Å². The van der Waals surface area contributed by atoms with Crippen molar-refractivity contribution in [3.05, 3.63) is 19.6 Å². The first-order valence-electron chi connectivity index (χ1n) is 0.697. The number of allylic oxidation sites excluding steroid dienone is 1. The summed E-state index contributed by atoms with van der Waals surface area (Å²) in [5, 5.41) is 0. The maximum Gasteiger partial charge on any atom is 0.0206 e. The van der Waals surface area contributed by atoms with Crippen LogP contribution in [0.5, 0.6) is 0 Å². The minimum atomic E-state index is 0. The van der Waals surface area contributed by atoms with Crippen molar-refractivity contribution in [1.82, 2.24) is 0 Å². The van der Waals surface area contributed by atoms with Gasteiger partial charge in [0.25, 0.3) is 0 Å². The van der Waals surface area contributed by atoms with Gasteiger partial charge in [0.1, 0.15) is 0 Å². The van der Waals surface area contributed by atoms with Gasteiger partial charge >= 0.3 is 0 Å². The fraction of sp³-hybridized carbons (Fsp3) is 0. The van der Waals surface area contributed by atoms with Crippen molar-refractivity contribution in [2.24, 2.45) is 0 Å². The van der Waals surface area contributed by atoms with Crippen LogP contribution in [-0.2, 0) is 0 Å². The summed E-state index contributed by atoms with van der Waals surface area (Å²) < 4.78 is 0. The van der Waals surface area contributed by atoms with E-state index >= 15 is 0 Å². The molecule has 0 aliphatic rings. The highest BCUT2D eigenvalue weighted by molar-refractivity contribution is 5.75. The highest BCUT2D eigenvalue weighted by Gasteiger charge is 1.18. The van der Waals surface area contributed by atoms with Crippen molar-refractivity contribution in [3.63, 3.8) is 0 Å². The van der Waals surface area contributed by atoms with E-state index < -0.39 is 0 Å². The maximum atomic E-state index is 5.97. The molecule has 0 aromatic rings. The minimum absolute atomic E-state index is 0. The quantitative estimate of drug-likeness (QED) is 0.358. The monoisotopic (exact) mass is 66.0 g/mol. The standard InChI is InChI=1S/C3H3.Al/c1-3-2;/h3H,1H2;. The average Bonchev–Trinajstić information content (AvgIpc) is 0.918. The summed E-state index contributed by atoms with van der Waals surface area (Å²) in [6.07, 6.45) is 1.00. The van der Waals surface area contributed by atoms with Gasteiger partial charge in [-0.1, -0.05) is 6.08 Å². The van der Waals surface area contributed by atoms with Gasteiger partial charge in [0.2, 0.25) is 0 Å². The molecule has 0 aliphatic heterocycles. The van der Waals surface area contributed by atoms with Crippen LogP contribution in [0, 0.1) is 6.92 Å². The van der Waals surface area contributed by atoms with Crippen LogP contribution in [0.3, 0.4) is 0 Å². The summed E-state index contributed by atoms with van der Waals surface area (Å²) in [5.74, 6) is 0. The Balaban J connectivity index is 0. The highest BCUT2D eigenvalue weighted by Crippen LogP contribution is 1.36. The summed E-state index contributed by atoms with van der Waals surface area (Å²) in [6.45, 7) is 9.00. The number of hydrogen-bond acceptors (Lipinski definition) is 0. The second kappa shape index (κ2) is 10.4. The molecule has 0 rings (SSSR count). The molecule has 0 fully saturated rings. The fourth-order valence-corrected chi connectivity index (χ4v) is 0. The molecule has 0 saturated carbocycles. The van der Waals surface area contributed by atoms with Crippen LogP contribution in [0.15, 0.2) is 12.7 Å². The van der Waals surface area contributed by atoms with E-state index in [1.165, 1.54) is 0 Å². The Kier molecular flexibility index (Phi) is 23.1. The molecule has 0 atom stereocenters. The molecule has 0 bridgehead atoms. The second-order valence-corrected chi connectivity index (χ2v) is 0.204. The molecule has 1 heteroatoms. The van der Waals surface area contributed by atoms with Crippen molar-refractivity contribution in [2.75, 3.05) is 0 Å². The van der Waals surface area contributed by atoms with Gasteiger partial charge in [0.15, 0.2) is 0 Å². The third-order valence-electron chi connectivity index (χ3n) is 0. The van der Waals surface area contributed by atoms with E-state index in [1.807, 2.05) is 0 Å².